The molecule has 5 nitrogen and oxygen atoms in total. The minimum Gasteiger partial charge on any atom is -0.462 e. The molecule has 0 heterocycles. The van der Waals surface area contributed by atoms with E-state index in [4.69, 9.17) is 14.2 Å². The summed E-state index contributed by atoms with van der Waals surface area (Å²) in [6, 6.07) is 0. The molecular formula is C47H88O5. The number of hydrogen-bond acceptors (Lipinski definition) is 5. The summed E-state index contributed by atoms with van der Waals surface area (Å²) in [5.74, 6) is -0.407. The molecule has 0 aliphatic heterocycles. The summed E-state index contributed by atoms with van der Waals surface area (Å²) in [6.45, 7) is 7.78. The maximum absolute atomic E-state index is 12.7. The van der Waals surface area contributed by atoms with Gasteiger partial charge in [0.15, 0.2) is 6.10 Å². The summed E-state index contributed by atoms with van der Waals surface area (Å²) in [7, 11) is 0. The van der Waals surface area contributed by atoms with Gasteiger partial charge < -0.3 is 14.2 Å². The molecule has 0 aromatic carbocycles. The summed E-state index contributed by atoms with van der Waals surface area (Å²) < 4.78 is 17.2. The van der Waals surface area contributed by atoms with Crippen LogP contribution in [0.1, 0.15) is 239 Å². The van der Waals surface area contributed by atoms with E-state index in [2.05, 4.69) is 45.1 Å². The number of ether oxygens (including phenoxy) is 3. The highest BCUT2D eigenvalue weighted by Gasteiger charge is 2.17. The molecule has 0 aromatic rings. The second kappa shape index (κ2) is 43.8. The summed E-state index contributed by atoms with van der Waals surface area (Å²) in [4.78, 5) is 25.1. The number of esters is 2. The maximum Gasteiger partial charge on any atom is 0.306 e. The van der Waals surface area contributed by atoms with Gasteiger partial charge in [-0.3, -0.25) is 9.59 Å². The van der Waals surface area contributed by atoms with Gasteiger partial charge in [-0.1, -0.05) is 180 Å². The SMILES string of the molecule is CCCCCC/C=C\CCCCCCCC(=O)OC(COCCCCCCCC)COC(=O)CCCCCCCCC/C=C\CCCCCCCC. The Labute approximate surface area is 324 Å². The van der Waals surface area contributed by atoms with Gasteiger partial charge in [0.1, 0.15) is 6.61 Å². The van der Waals surface area contributed by atoms with Crippen molar-refractivity contribution in [3.63, 3.8) is 0 Å². The number of allylic oxidation sites excluding steroid dienone is 4. The fourth-order valence-corrected chi connectivity index (χ4v) is 6.50. The lowest BCUT2D eigenvalue weighted by Gasteiger charge is -2.18. The fourth-order valence-electron chi connectivity index (χ4n) is 6.50. The van der Waals surface area contributed by atoms with Gasteiger partial charge in [-0.15, -0.1) is 0 Å². The molecule has 0 amide bonds. The van der Waals surface area contributed by atoms with E-state index in [0.29, 0.717) is 19.4 Å². The molecule has 0 aliphatic carbocycles. The first-order chi connectivity index (χ1) is 25.6. The minimum atomic E-state index is -0.532. The molecule has 0 bridgehead atoms. The second-order valence-corrected chi connectivity index (χ2v) is 15.3. The number of hydrogen-bond donors (Lipinski definition) is 0. The van der Waals surface area contributed by atoms with E-state index in [-0.39, 0.29) is 25.2 Å². The normalized spacial score (nSPS) is 12.3. The number of carbonyl (C=O) groups is 2. The van der Waals surface area contributed by atoms with E-state index in [1.54, 1.807) is 0 Å². The number of carbonyl (C=O) groups excluding carboxylic acids is 2. The molecule has 306 valence electrons. The van der Waals surface area contributed by atoms with Crippen molar-refractivity contribution >= 4 is 11.9 Å². The lowest BCUT2D eigenvalue weighted by atomic mass is 10.1. The Bertz CT molecular complexity index is 791. The summed E-state index contributed by atoms with van der Waals surface area (Å²) in [6.07, 6.45) is 49.0. The standard InChI is InChI=1S/C47H88O5/c1-4-7-10-13-16-18-20-22-23-24-25-27-28-30-32-34-37-40-46(48)51-44-45(43-50-42-39-36-15-12-9-6-3)52-47(49)41-38-35-33-31-29-26-21-19-17-14-11-8-5-2/h19,21-23,45H,4-18,20,24-44H2,1-3H3/b21-19-,23-22-. The van der Waals surface area contributed by atoms with Gasteiger partial charge in [-0.2, -0.15) is 0 Å². The number of unbranched alkanes of at least 4 members (excludes halogenated alkanes) is 27. The molecular weight excluding hydrogens is 645 g/mol. The molecule has 5 heteroatoms. The first-order valence-electron chi connectivity index (χ1n) is 22.9. The van der Waals surface area contributed by atoms with Crippen molar-refractivity contribution < 1.29 is 23.8 Å². The minimum absolute atomic E-state index is 0.0839. The third kappa shape index (κ3) is 41.1. The van der Waals surface area contributed by atoms with Gasteiger partial charge in [-0.05, 0) is 70.6 Å². The van der Waals surface area contributed by atoms with Crippen LogP contribution in [0.2, 0.25) is 0 Å². The molecule has 1 unspecified atom stereocenters. The Kier molecular flexibility index (Phi) is 42.4. The smallest absolute Gasteiger partial charge is 0.306 e. The number of rotatable bonds is 42. The molecule has 0 aromatic heterocycles. The fraction of sp³-hybridized carbons (Fsp3) is 0.872. The van der Waals surface area contributed by atoms with Crippen LogP contribution in [0.3, 0.4) is 0 Å². The van der Waals surface area contributed by atoms with E-state index >= 15 is 0 Å². The highest BCUT2D eigenvalue weighted by molar-refractivity contribution is 5.70. The largest absolute Gasteiger partial charge is 0.462 e. The topological polar surface area (TPSA) is 61.8 Å². The van der Waals surface area contributed by atoms with Crippen LogP contribution in [0.5, 0.6) is 0 Å². The molecule has 52 heavy (non-hydrogen) atoms. The Morgan fingerprint density at radius 1 is 0.404 bits per heavy atom. The van der Waals surface area contributed by atoms with Crippen molar-refractivity contribution in [2.75, 3.05) is 19.8 Å². The zero-order chi connectivity index (χ0) is 37.8. The van der Waals surface area contributed by atoms with Gasteiger partial charge >= 0.3 is 11.9 Å². The third-order valence-electron chi connectivity index (χ3n) is 9.96. The van der Waals surface area contributed by atoms with Gasteiger partial charge in [-0.25, -0.2) is 0 Å². The summed E-state index contributed by atoms with van der Waals surface area (Å²) >= 11 is 0. The zero-order valence-electron chi connectivity index (χ0n) is 35.1. The third-order valence-corrected chi connectivity index (χ3v) is 9.96. The van der Waals surface area contributed by atoms with E-state index in [1.165, 1.54) is 154 Å². The van der Waals surface area contributed by atoms with Gasteiger partial charge in [0, 0.05) is 19.4 Å². The van der Waals surface area contributed by atoms with Crippen LogP contribution in [0.4, 0.5) is 0 Å². The first-order valence-corrected chi connectivity index (χ1v) is 22.9. The van der Waals surface area contributed by atoms with Crippen molar-refractivity contribution in [3.05, 3.63) is 24.3 Å². The average Bonchev–Trinajstić information content (AvgIpc) is 3.14. The van der Waals surface area contributed by atoms with Crippen molar-refractivity contribution in [2.24, 2.45) is 0 Å². The van der Waals surface area contributed by atoms with Crippen LogP contribution in [0.15, 0.2) is 24.3 Å². The first kappa shape index (κ1) is 50.4. The Balaban J connectivity index is 4.10. The molecule has 0 radical (unpaired) electrons. The van der Waals surface area contributed by atoms with Crippen molar-refractivity contribution in [2.45, 2.75) is 245 Å². The summed E-state index contributed by atoms with van der Waals surface area (Å²) in [5.41, 5.74) is 0. The van der Waals surface area contributed by atoms with Crippen molar-refractivity contribution in [1.29, 1.82) is 0 Å². The molecule has 0 fully saturated rings. The van der Waals surface area contributed by atoms with Crippen LogP contribution < -0.4 is 0 Å². The van der Waals surface area contributed by atoms with E-state index in [1.807, 2.05) is 0 Å². The van der Waals surface area contributed by atoms with Crippen LogP contribution in [-0.2, 0) is 23.8 Å². The highest BCUT2D eigenvalue weighted by atomic mass is 16.6. The van der Waals surface area contributed by atoms with Crippen molar-refractivity contribution in [3.8, 4) is 0 Å². The second-order valence-electron chi connectivity index (χ2n) is 15.3. The van der Waals surface area contributed by atoms with Crippen LogP contribution in [0.25, 0.3) is 0 Å². The van der Waals surface area contributed by atoms with Crippen LogP contribution in [0, 0.1) is 0 Å². The van der Waals surface area contributed by atoms with E-state index < -0.39 is 6.10 Å². The molecule has 0 spiro atoms. The molecule has 0 saturated heterocycles. The van der Waals surface area contributed by atoms with Crippen LogP contribution in [-0.4, -0.2) is 37.9 Å². The van der Waals surface area contributed by atoms with Gasteiger partial charge in [0.2, 0.25) is 0 Å². The molecule has 0 rings (SSSR count). The average molecular weight is 733 g/mol. The lowest BCUT2D eigenvalue weighted by molar-refractivity contribution is -0.163. The Hall–Kier alpha value is -1.62. The zero-order valence-corrected chi connectivity index (χ0v) is 35.1. The Morgan fingerprint density at radius 2 is 0.750 bits per heavy atom. The van der Waals surface area contributed by atoms with E-state index in [9.17, 15) is 9.59 Å². The molecule has 0 N–H and O–H groups in total. The lowest BCUT2D eigenvalue weighted by Crippen LogP contribution is -2.30. The monoisotopic (exact) mass is 733 g/mol. The molecule has 1 atom stereocenters. The van der Waals surface area contributed by atoms with Crippen molar-refractivity contribution in [1.82, 2.24) is 0 Å². The van der Waals surface area contributed by atoms with Gasteiger partial charge in [0.05, 0.1) is 6.61 Å². The molecule has 0 aliphatic rings. The van der Waals surface area contributed by atoms with Gasteiger partial charge in [0.25, 0.3) is 0 Å². The summed E-state index contributed by atoms with van der Waals surface area (Å²) in [5, 5.41) is 0. The molecule has 0 saturated carbocycles. The maximum atomic E-state index is 12.7. The highest BCUT2D eigenvalue weighted by Crippen LogP contribution is 2.14. The predicted molar refractivity (Wildman–Crippen MR) is 224 cm³/mol. The van der Waals surface area contributed by atoms with E-state index in [0.717, 1.165) is 51.4 Å². The Morgan fingerprint density at radius 3 is 1.19 bits per heavy atom. The predicted octanol–water partition coefficient (Wildman–Crippen LogP) is 14.9. The van der Waals surface area contributed by atoms with Crippen LogP contribution >= 0.6 is 0 Å². The quantitative estimate of drug-likeness (QED) is 0.0355.